The molecule has 5 nitrogen and oxygen atoms in total. The molecule has 1 aromatic rings. The van der Waals surface area contributed by atoms with E-state index in [1.807, 2.05) is 11.0 Å². The number of amides is 2. The highest BCUT2D eigenvalue weighted by Crippen LogP contribution is 2.26. The van der Waals surface area contributed by atoms with E-state index in [9.17, 15) is 9.59 Å². The van der Waals surface area contributed by atoms with Crippen LogP contribution in [-0.2, 0) is 9.59 Å². The molecule has 0 aliphatic carbocycles. The summed E-state index contributed by atoms with van der Waals surface area (Å²) in [6, 6.07) is 10.8. The highest BCUT2D eigenvalue weighted by Gasteiger charge is 2.31. The van der Waals surface area contributed by atoms with Gasteiger partial charge in [-0.3, -0.25) is 14.5 Å². The van der Waals surface area contributed by atoms with Crippen molar-refractivity contribution in [1.29, 1.82) is 0 Å². The number of hydrogen-bond acceptors (Lipinski definition) is 3. The molecule has 0 unspecified atom stereocenters. The third-order valence-corrected chi connectivity index (χ3v) is 7.01. The maximum Gasteiger partial charge on any atom is 0.236 e. The predicted molar refractivity (Wildman–Crippen MR) is 126 cm³/mol. The zero-order valence-electron chi connectivity index (χ0n) is 19.6. The smallest absolute Gasteiger partial charge is 0.236 e. The molecule has 3 rings (SSSR count). The van der Waals surface area contributed by atoms with E-state index in [-0.39, 0.29) is 17.9 Å². The molecule has 172 valence electrons. The van der Waals surface area contributed by atoms with E-state index < -0.39 is 0 Å². The minimum atomic E-state index is 0.103. The lowest BCUT2D eigenvalue weighted by molar-refractivity contribution is -0.142. The summed E-state index contributed by atoms with van der Waals surface area (Å²) in [6.45, 7) is 9.09. The van der Waals surface area contributed by atoms with Crippen molar-refractivity contribution in [2.75, 3.05) is 39.3 Å². The van der Waals surface area contributed by atoms with Crippen LogP contribution < -0.4 is 0 Å². The lowest BCUT2D eigenvalue weighted by Crippen LogP contribution is -2.48. The molecule has 5 heteroatoms. The molecule has 2 aliphatic rings. The van der Waals surface area contributed by atoms with Crippen LogP contribution in [0.2, 0.25) is 0 Å². The minimum Gasteiger partial charge on any atom is -0.342 e. The topological polar surface area (TPSA) is 43.9 Å². The van der Waals surface area contributed by atoms with Gasteiger partial charge in [-0.1, -0.05) is 50.6 Å². The molecule has 0 spiro atoms. The van der Waals surface area contributed by atoms with Gasteiger partial charge >= 0.3 is 0 Å². The lowest BCUT2D eigenvalue weighted by atomic mass is 9.94. The lowest BCUT2D eigenvalue weighted by Gasteiger charge is -2.37. The molecule has 2 aliphatic heterocycles. The Morgan fingerprint density at radius 3 is 2.26 bits per heavy atom. The zero-order valence-corrected chi connectivity index (χ0v) is 19.6. The number of carbonyl (C=O) groups is 2. The van der Waals surface area contributed by atoms with Gasteiger partial charge < -0.3 is 9.80 Å². The predicted octanol–water partition coefficient (Wildman–Crippen LogP) is 4.49. The fourth-order valence-corrected chi connectivity index (χ4v) is 5.11. The van der Waals surface area contributed by atoms with Crippen LogP contribution in [0.1, 0.15) is 76.8 Å². The fourth-order valence-electron chi connectivity index (χ4n) is 5.11. The molecule has 0 aromatic heterocycles. The van der Waals surface area contributed by atoms with Gasteiger partial charge in [-0.2, -0.15) is 0 Å². The van der Waals surface area contributed by atoms with Gasteiger partial charge in [0.25, 0.3) is 0 Å². The first kappa shape index (κ1) is 23.8. The molecule has 1 aromatic carbocycles. The largest absolute Gasteiger partial charge is 0.342 e. The molecule has 2 heterocycles. The molecular weight excluding hydrogens is 386 g/mol. The van der Waals surface area contributed by atoms with Gasteiger partial charge in [-0.05, 0) is 57.1 Å². The first-order valence-corrected chi connectivity index (χ1v) is 12.5. The third kappa shape index (κ3) is 6.55. The average molecular weight is 428 g/mol. The summed E-state index contributed by atoms with van der Waals surface area (Å²) in [5, 5.41) is 0. The Labute approximate surface area is 188 Å². The number of carbonyl (C=O) groups excluding carboxylic acids is 2. The van der Waals surface area contributed by atoms with Gasteiger partial charge in [0.1, 0.15) is 0 Å². The van der Waals surface area contributed by atoms with Gasteiger partial charge in [-0.25, -0.2) is 0 Å². The van der Waals surface area contributed by atoms with Crippen LogP contribution in [0.5, 0.6) is 0 Å². The second-order valence-electron chi connectivity index (χ2n) is 9.20. The van der Waals surface area contributed by atoms with E-state index in [1.165, 1.54) is 12.0 Å². The normalized spacial score (nSPS) is 18.9. The van der Waals surface area contributed by atoms with Crippen molar-refractivity contribution in [3.8, 4) is 0 Å². The summed E-state index contributed by atoms with van der Waals surface area (Å²) in [6.07, 6.45) is 8.36. The third-order valence-electron chi connectivity index (χ3n) is 7.01. The summed E-state index contributed by atoms with van der Waals surface area (Å²) in [7, 11) is 0. The Morgan fingerprint density at radius 1 is 0.968 bits per heavy atom. The number of benzene rings is 1. The van der Waals surface area contributed by atoms with E-state index in [0.29, 0.717) is 25.5 Å². The first-order chi connectivity index (χ1) is 15.1. The van der Waals surface area contributed by atoms with E-state index in [4.69, 9.17) is 0 Å². The molecule has 31 heavy (non-hydrogen) atoms. The van der Waals surface area contributed by atoms with Crippen LogP contribution in [0.15, 0.2) is 30.3 Å². The molecule has 2 saturated heterocycles. The van der Waals surface area contributed by atoms with Gasteiger partial charge in [-0.15, -0.1) is 0 Å². The van der Waals surface area contributed by atoms with Crippen LogP contribution in [0.4, 0.5) is 0 Å². The molecule has 0 saturated carbocycles. The molecule has 0 radical (unpaired) electrons. The SMILES string of the molecule is CCCCN(CC(=O)N1CCC(C(=O)N2CCCCC2)CC1)[C@H](CC)c1ccccc1. The quantitative estimate of drug-likeness (QED) is 0.583. The van der Waals surface area contributed by atoms with E-state index in [1.54, 1.807) is 0 Å². The van der Waals surface area contributed by atoms with E-state index >= 15 is 0 Å². The maximum atomic E-state index is 13.2. The van der Waals surface area contributed by atoms with Gasteiger partial charge in [0, 0.05) is 38.1 Å². The second-order valence-corrected chi connectivity index (χ2v) is 9.20. The summed E-state index contributed by atoms with van der Waals surface area (Å²) in [4.78, 5) is 32.4. The fraction of sp³-hybridized carbons (Fsp3) is 0.692. The highest BCUT2D eigenvalue weighted by molar-refractivity contribution is 5.81. The molecular formula is C26H41N3O2. The van der Waals surface area contributed by atoms with Gasteiger partial charge in [0.05, 0.1) is 6.54 Å². The van der Waals surface area contributed by atoms with Gasteiger partial charge in [0.15, 0.2) is 0 Å². The van der Waals surface area contributed by atoms with Crippen molar-refractivity contribution in [3.63, 3.8) is 0 Å². The van der Waals surface area contributed by atoms with Crippen molar-refractivity contribution in [2.24, 2.45) is 5.92 Å². The number of unbranched alkanes of at least 4 members (excludes halogenated alkanes) is 1. The van der Waals surface area contributed by atoms with Crippen LogP contribution in [-0.4, -0.2) is 65.8 Å². The standard InChI is InChI=1S/C26H41N3O2/c1-3-5-16-29(24(4-2)22-12-8-6-9-13-22)21-25(30)27-19-14-23(15-20-27)26(31)28-17-10-7-11-18-28/h6,8-9,12-13,23-24H,3-5,7,10-11,14-21H2,1-2H3/t24-/m1/s1. The Bertz CT molecular complexity index is 679. The van der Waals surface area contributed by atoms with Crippen LogP contribution in [0.25, 0.3) is 0 Å². The van der Waals surface area contributed by atoms with E-state index in [2.05, 4.69) is 47.9 Å². The molecule has 2 amide bonds. The first-order valence-electron chi connectivity index (χ1n) is 12.5. The van der Waals surface area contributed by atoms with Crippen LogP contribution in [0.3, 0.4) is 0 Å². The molecule has 1 atom stereocenters. The zero-order chi connectivity index (χ0) is 22.1. The summed E-state index contributed by atoms with van der Waals surface area (Å²) >= 11 is 0. The Morgan fingerprint density at radius 2 is 1.65 bits per heavy atom. The number of hydrogen-bond donors (Lipinski definition) is 0. The number of nitrogens with zero attached hydrogens (tertiary/aromatic N) is 3. The van der Waals surface area contributed by atoms with Crippen LogP contribution >= 0.6 is 0 Å². The van der Waals surface area contributed by atoms with Crippen molar-refractivity contribution in [3.05, 3.63) is 35.9 Å². The number of likely N-dealkylation sites (tertiary alicyclic amines) is 2. The van der Waals surface area contributed by atoms with E-state index in [0.717, 1.165) is 64.6 Å². The van der Waals surface area contributed by atoms with Crippen LogP contribution in [0, 0.1) is 5.92 Å². The Hall–Kier alpha value is -1.88. The van der Waals surface area contributed by atoms with Crippen molar-refractivity contribution in [1.82, 2.24) is 14.7 Å². The second kappa shape index (κ2) is 12.2. The van der Waals surface area contributed by atoms with Crippen molar-refractivity contribution < 1.29 is 9.59 Å². The monoisotopic (exact) mass is 427 g/mol. The Kier molecular flexibility index (Phi) is 9.38. The average Bonchev–Trinajstić information content (AvgIpc) is 2.83. The maximum absolute atomic E-state index is 13.2. The van der Waals surface area contributed by atoms with Crippen molar-refractivity contribution in [2.45, 2.75) is 71.3 Å². The minimum absolute atomic E-state index is 0.103. The van der Waals surface area contributed by atoms with Gasteiger partial charge in [0.2, 0.25) is 11.8 Å². The Balaban J connectivity index is 1.56. The number of rotatable bonds is 9. The number of piperidine rings is 2. The highest BCUT2D eigenvalue weighted by atomic mass is 16.2. The summed E-state index contributed by atoms with van der Waals surface area (Å²) in [5.74, 6) is 0.645. The van der Waals surface area contributed by atoms with Crippen molar-refractivity contribution >= 4 is 11.8 Å². The summed E-state index contributed by atoms with van der Waals surface area (Å²) < 4.78 is 0. The molecule has 0 N–H and O–H groups in total. The summed E-state index contributed by atoms with van der Waals surface area (Å²) in [5.41, 5.74) is 1.29. The molecule has 2 fully saturated rings. The molecule has 0 bridgehead atoms.